The molecule has 0 spiro atoms. The molecular weight excluding hydrogens is 148 g/mol. The van der Waals surface area contributed by atoms with E-state index >= 15 is 0 Å². The summed E-state index contributed by atoms with van der Waals surface area (Å²) in [5.74, 6) is 0. The van der Waals surface area contributed by atoms with E-state index in [4.69, 9.17) is 0 Å². The molecule has 2 aliphatic heterocycles. The molecule has 12 heavy (non-hydrogen) atoms. The summed E-state index contributed by atoms with van der Waals surface area (Å²) in [4.78, 5) is 5.01. The summed E-state index contributed by atoms with van der Waals surface area (Å²) in [5.41, 5.74) is 0. The van der Waals surface area contributed by atoms with Gasteiger partial charge in [-0.25, -0.2) is 0 Å². The van der Waals surface area contributed by atoms with Crippen LogP contribution in [0.4, 0.5) is 0 Å². The van der Waals surface area contributed by atoms with Gasteiger partial charge < -0.3 is 9.80 Å². The lowest BCUT2D eigenvalue weighted by Gasteiger charge is -2.28. The normalized spacial score (nSPS) is 36.0. The first-order valence-electron chi connectivity index (χ1n) is 5.18. The van der Waals surface area contributed by atoms with Crippen molar-refractivity contribution >= 4 is 0 Å². The lowest BCUT2D eigenvalue weighted by molar-refractivity contribution is 0.213. The van der Waals surface area contributed by atoms with Crippen LogP contribution in [0.1, 0.15) is 26.7 Å². The zero-order valence-corrected chi connectivity index (χ0v) is 8.88. The van der Waals surface area contributed by atoms with Gasteiger partial charge >= 0.3 is 0 Å². The molecule has 2 saturated heterocycles. The molecule has 2 nitrogen and oxygen atoms in total. The Morgan fingerprint density at radius 1 is 1.00 bits per heavy atom. The molecule has 2 fully saturated rings. The topological polar surface area (TPSA) is 6.48 Å². The summed E-state index contributed by atoms with van der Waals surface area (Å²) in [6, 6.07) is 1.77. The van der Waals surface area contributed by atoms with E-state index < -0.39 is 0 Å². The Balaban J connectivity index is 0.000000336. The quantitative estimate of drug-likeness (QED) is 0.542. The van der Waals surface area contributed by atoms with Crippen LogP contribution in [0.2, 0.25) is 0 Å². The zero-order valence-electron chi connectivity index (χ0n) is 8.88. The third-order valence-corrected chi connectivity index (χ3v) is 3.10. The maximum Gasteiger partial charge on any atom is 0.0235 e. The van der Waals surface area contributed by atoms with E-state index in [-0.39, 0.29) is 0 Å². The van der Waals surface area contributed by atoms with Gasteiger partial charge in [-0.05, 0) is 33.5 Å². The molecular formula is C10H22N2. The highest BCUT2D eigenvalue weighted by molar-refractivity contribution is 4.92. The maximum atomic E-state index is 2.51. The Bertz CT molecular complexity index is 134. The molecule has 2 bridgehead atoms. The van der Waals surface area contributed by atoms with Crippen LogP contribution in [0.5, 0.6) is 0 Å². The number of nitrogens with zero attached hydrogens (tertiary/aromatic N) is 2. The summed E-state index contributed by atoms with van der Waals surface area (Å²) in [5, 5.41) is 0. The molecule has 72 valence electrons. The Kier molecular flexibility index (Phi) is 3.53. The second-order valence-corrected chi connectivity index (χ2v) is 3.75. The van der Waals surface area contributed by atoms with E-state index in [1.54, 1.807) is 0 Å². The van der Waals surface area contributed by atoms with Gasteiger partial charge in [-0.1, -0.05) is 13.8 Å². The lowest BCUT2D eigenvalue weighted by atomic mass is 10.0. The fourth-order valence-corrected chi connectivity index (χ4v) is 2.24. The van der Waals surface area contributed by atoms with E-state index in [0.29, 0.717) is 0 Å². The molecule has 2 aliphatic rings. The van der Waals surface area contributed by atoms with Gasteiger partial charge in [-0.3, -0.25) is 0 Å². The Morgan fingerprint density at radius 3 is 2.25 bits per heavy atom. The molecule has 0 radical (unpaired) electrons. The molecule has 2 atom stereocenters. The van der Waals surface area contributed by atoms with Crippen LogP contribution < -0.4 is 0 Å². The summed E-state index contributed by atoms with van der Waals surface area (Å²) in [6.07, 6.45) is 2.79. The van der Waals surface area contributed by atoms with Gasteiger partial charge in [0.05, 0.1) is 0 Å². The molecule has 2 heteroatoms. The molecule has 0 aliphatic carbocycles. The van der Waals surface area contributed by atoms with Crippen molar-refractivity contribution in [3.63, 3.8) is 0 Å². The predicted octanol–water partition coefficient (Wildman–Crippen LogP) is 1.42. The van der Waals surface area contributed by atoms with Crippen molar-refractivity contribution in [2.75, 3.05) is 27.2 Å². The summed E-state index contributed by atoms with van der Waals surface area (Å²) in [6.45, 7) is 6.60. The average molecular weight is 170 g/mol. The van der Waals surface area contributed by atoms with E-state index in [1.807, 2.05) is 13.8 Å². The van der Waals surface area contributed by atoms with Gasteiger partial charge in [0.1, 0.15) is 0 Å². The van der Waals surface area contributed by atoms with Gasteiger partial charge in [0.2, 0.25) is 0 Å². The second-order valence-electron chi connectivity index (χ2n) is 3.75. The fraction of sp³-hybridized carbons (Fsp3) is 1.00. The molecule has 2 rings (SSSR count). The van der Waals surface area contributed by atoms with Gasteiger partial charge in [0.25, 0.3) is 0 Å². The summed E-state index contributed by atoms with van der Waals surface area (Å²) >= 11 is 0. The van der Waals surface area contributed by atoms with E-state index in [0.717, 1.165) is 12.1 Å². The van der Waals surface area contributed by atoms with E-state index in [2.05, 4.69) is 23.9 Å². The number of fused-ring (bicyclic) bond motifs is 2. The minimum Gasteiger partial charge on any atom is -0.302 e. The number of hydrogen-bond acceptors (Lipinski definition) is 2. The van der Waals surface area contributed by atoms with Crippen molar-refractivity contribution in [3.05, 3.63) is 0 Å². The summed E-state index contributed by atoms with van der Waals surface area (Å²) < 4.78 is 0. The van der Waals surface area contributed by atoms with Crippen LogP contribution in [0.3, 0.4) is 0 Å². The van der Waals surface area contributed by atoms with Crippen LogP contribution in [0.25, 0.3) is 0 Å². The highest BCUT2D eigenvalue weighted by Crippen LogP contribution is 2.26. The van der Waals surface area contributed by atoms with E-state index in [1.165, 1.54) is 25.9 Å². The smallest absolute Gasteiger partial charge is 0.0235 e. The third kappa shape index (κ3) is 1.80. The first-order chi connectivity index (χ1) is 5.77. The molecule has 0 aromatic heterocycles. The minimum absolute atomic E-state index is 0.865. The molecule has 0 aromatic rings. The number of likely N-dealkylation sites (N-methyl/N-ethyl adjacent to an activating group) is 2. The molecule has 2 unspecified atom stereocenters. The molecule has 0 aromatic carbocycles. The molecule has 0 saturated carbocycles. The maximum absolute atomic E-state index is 2.51. The van der Waals surface area contributed by atoms with Crippen molar-refractivity contribution in [3.8, 4) is 0 Å². The Hall–Kier alpha value is -0.0800. The number of piperidine rings is 1. The van der Waals surface area contributed by atoms with Gasteiger partial charge in [0, 0.05) is 18.6 Å². The van der Waals surface area contributed by atoms with Crippen molar-refractivity contribution in [2.24, 2.45) is 0 Å². The first kappa shape index (κ1) is 10.0. The van der Waals surface area contributed by atoms with E-state index in [9.17, 15) is 0 Å². The molecule has 0 amide bonds. The lowest BCUT2D eigenvalue weighted by Crippen LogP contribution is -2.37. The van der Waals surface area contributed by atoms with Gasteiger partial charge in [-0.2, -0.15) is 0 Å². The van der Waals surface area contributed by atoms with Crippen molar-refractivity contribution in [2.45, 2.75) is 38.8 Å². The minimum atomic E-state index is 0.865. The number of hydrogen-bond donors (Lipinski definition) is 0. The molecule has 0 N–H and O–H groups in total. The van der Waals surface area contributed by atoms with Gasteiger partial charge in [-0.15, -0.1) is 0 Å². The number of likely N-dealkylation sites (tertiary alicyclic amines) is 2. The van der Waals surface area contributed by atoms with Crippen LogP contribution in [-0.2, 0) is 0 Å². The highest BCUT2D eigenvalue weighted by Gasteiger charge is 2.35. The summed E-state index contributed by atoms with van der Waals surface area (Å²) in [7, 11) is 4.50. The first-order valence-corrected chi connectivity index (χ1v) is 5.18. The van der Waals surface area contributed by atoms with Crippen molar-refractivity contribution in [1.29, 1.82) is 0 Å². The highest BCUT2D eigenvalue weighted by atomic mass is 15.3. The zero-order chi connectivity index (χ0) is 9.14. The predicted molar refractivity (Wildman–Crippen MR) is 53.4 cm³/mol. The SMILES string of the molecule is CC.CN1CCC2CC1CN2C. The Labute approximate surface area is 76.5 Å². The fourth-order valence-electron chi connectivity index (χ4n) is 2.24. The number of rotatable bonds is 0. The molecule has 2 heterocycles. The monoisotopic (exact) mass is 170 g/mol. The van der Waals surface area contributed by atoms with Crippen LogP contribution in [-0.4, -0.2) is 49.1 Å². The standard InChI is InChI=1S/C8H16N2.C2H6/c1-9-4-3-7-5-8(9)6-10(7)2;1-2/h7-8H,3-6H2,1-2H3;1-2H3. The van der Waals surface area contributed by atoms with Crippen molar-refractivity contribution < 1.29 is 0 Å². The van der Waals surface area contributed by atoms with Crippen molar-refractivity contribution in [1.82, 2.24) is 9.80 Å². The second kappa shape index (κ2) is 4.24. The van der Waals surface area contributed by atoms with Crippen LogP contribution in [0, 0.1) is 0 Å². The van der Waals surface area contributed by atoms with Crippen LogP contribution in [0.15, 0.2) is 0 Å². The Morgan fingerprint density at radius 2 is 1.67 bits per heavy atom. The van der Waals surface area contributed by atoms with Crippen LogP contribution >= 0.6 is 0 Å². The largest absolute Gasteiger partial charge is 0.302 e. The van der Waals surface area contributed by atoms with Gasteiger partial charge in [0.15, 0.2) is 0 Å². The third-order valence-electron chi connectivity index (χ3n) is 3.10. The average Bonchev–Trinajstić information content (AvgIpc) is 2.41.